The van der Waals surface area contributed by atoms with Gasteiger partial charge in [-0.25, -0.2) is 0 Å². The predicted molar refractivity (Wildman–Crippen MR) is 83.8 cm³/mol. The lowest BCUT2D eigenvalue weighted by atomic mass is 10.1. The first-order valence-electron chi connectivity index (χ1n) is 7.14. The molecule has 21 heavy (non-hydrogen) atoms. The first-order chi connectivity index (χ1) is 10.3. The molecule has 4 nitrogen and oxygen atoms in total. The summed E-state index contributed by atoms with van der Waals surface area (Å²) in [5.41, 5.74) is 4.82. The third-order valence-electron chi connectivity index (χ3n) is 3.69. The summed E-state index contributed by atoms with van der Waals surface area (Å²) in [5, 5.41) is 15.1. The van der Waals surface area contributed by atoms with E-state index in [1.165, 1.54) is 5.56 Å². The van der Waals surface area contributed by atoms with E-state index in [-0.39, 0.29) is 12.5 Å². The highest BCUT2D eigenvalue weighted by Gasteiger charge is 2.13. The Morgan fingerprint density at radius 2 is 2.00 bits per heavy atom. The van der Waals surface area contributed by atoms with E-state index in [1.54, 1.807) is 0 Å². The molecule has 4 heteroatoms. The van der Waals surface area contributed by atoms with Gasteiger partial charge < -0.3 is 15.7 Å². The van der Waals surface area contributed by atoms with Crippen molar-refractivity contribution in [3.63, 3.8) is 0 Å². The summed E-state index contributed by atoms with van der Waals surface area (Å²) in [4.78, 5) is 12.3. The molecule has 0 spiro atoms. The average Bonchev–Trinajstić information content (AvgIpc) is 2.97. The lowest BCUT2D eigenvalue weighted by molar-refractivity contribution is 0.102. The summed E-state index contributed by atoms with van der Waals surface area (Å²) in [6.07, 6.45) is 1.60. The summed E-state index contributed by atoms with van der Waals surface area (Å²) < 4.78 is 0. The molecule has 2 aromatic rings. The third kappa shape index (κ3) is 3.06. The number of amides is 1. The summed E-state index contributed by atoms with van der Waals surface area (Å²) in [6, 6.07) is 13.3. The van der Waals surface area contributed by atoms with Gasteiger partial charge in [-0.2, -0.15) is 0 Å². The number of anilines is 2. The Balaban J connectivity index is 1.71. The Labute approximate surface area is 123 Å². The van der Waals surface area contributed by atoms with Crippen LogP contribution in [0.25, 0.3) is 0 Å². The van der Waals surface area contributed by atoms with E-state index in [9.17, 15) is 4.79 Å². The van der Waals surface area contributed by atoms with Crippen molar-refractivity contribution in [2.45, 2.75) is 12.8 Å². The number of benzene rings is 2. The monoisotopic (exact) mass is 282 g/mol. The molecule has 0 saturated heterocycles. The molecule has 1 heterocycles. The van der Waals surface area contributed by atoms with Crippen LogP contribution >= 0.6 is 0 Å². The maximum Gasteiger partial charge on any atom is 0.255 e. The number of aliphatic hydroxyl groups is 1. The second-order valence-corrected chi connectivity index (χ2v) is 5.17. The number of carbonyl (C=O) groups is 1. The van der Waals surface area contributed by atoms with Crippen LogP contribution in [-0.2, 0) is 12.8 Å². The molecule has 1 aliphatic heterocycles. The Hall–Kier alpha value is -2.33. The van der Waals surface area contributed by atoms with Crippen LogP contribution in [0, 0.1) is 0 Å². The molecular weight excluding hydrogens is 264 g/mol. The van der Waals surface area contributed by atoms with Crippen molar-refractivity contribution in [1.82, 2.24) is 0 Å². The minimum absolute atomic E-state index is 0.0976. The van der Waals surface area contributed by atoms with E-state index in [2.05, 4.69) is 10.6 Å². The zero-order valence-electron chi connectivity index (χ0n) is 11.7. The summed E-state index contributed by atoms with van der Waals surface area (Å²) in [6.45, 7) is 1.07. The Kier molecular flexibility index (Phi) is 3.88. The van der Waals surface area contributed by atoms with Gasteiger partial charge in [0.05, 0.1) is 0 Å². The normalized spacial score (nSPS) is 12.6. The highest BCUT2D eigenvalue weighted by molar-refractivity contribution is 6.04. The number of rotatable bonds is 4. The van der Waals surface area contributed by atoms with Gasteiger partial charge in [-0.05, 0) is 54.3 Å². The van der Waals surface area contributed by atoms with E-state index in [0.717, 1.165) is 29.9 Å². The molecule has 0 radical (unpaired) electrons. The topological polar surface area (TPSA) is 61.4 Å². The van der Waals surface area contributed by atoms with Crippen LogP contribution in [0.5, 0.6) is 0 Å². The largest absolute Gasteiger partial charge is 0.396 e. The fourth-order valence-corrected chi connectivity index (χ4v) is 2.53. The average molecular weight is 282 g/mol. The van der Waals surface area contributed by atoms with Crippen molar-refractivity contribution in [2.75, 3.05) is 23.8 Å². The van der Waals surface area contributed by atoms with E-state index in [1.807, 2.05) is 42.5 Å². The van der Waals surface area contributed by atoms with Gasteiger partial charge in [0, 0.05) is 30.1 Å². The molecular formula is C17H18N2O2. The second kappa shape index (κ2) is 5.97. The van der Waals surface area contributed by atoms with Crippen molar-refractivity contribution in [3.8, 4) is 0 Å². The van der Waals surface area contributed by atoms with Gasteiger partial charge in [0.25, 0.3) is 5.91 Å². The highest BCUT2D eigenvalue weighted by atomic mass is 16.2. The van der Waals surface area contributed by atoms with Crippen molar-refractivity contribution >= 4 is 17.3 Å². The Bertz CT molecular complexity index is 650. The van der Waals surface area contributed by atoms with Crippen molar-refractivity contribution in [2.24, 2.45) is 0 Å². The molecule has 108 valence electrons. The van der Waals surface area contributed by atoms with E-state index in [4.69, 9.17) is 5.11 Å². The number of hydrogen-bond donors (Lipinski definition) is 3. The smallest absolute Gasteiger partial charge is 0.255 e. The molecule has 0 fully saturated rings. The predicted octanol–water partition coefficient (Wildman–Crippen LogP) is 2.44. The fourth-order valence-electron chi connectivity index (χ4n) is 2.53. The summed E-state index contributed by atoms with van der Waals surface area (Å²) in [7, 11) is 0. The van der Waals surface area contributed by atoms with Crippen molar-refractivity contribution in [3.05, 3.63) is 59.2 Å². The molecule has 3 N–H and O–H groups in total. The van der Waals surface area contributed by atoms with E-state index in [0.29, 0.717) is 12.0 Å². The molecule has 1 aliphatic rings. The molecule has 0 unspecified atom stereocenters. The number of carbonyl (C=O) groups excluding carboxylic acids is 1. The maximum absolute atomic E-state index is 12.3. The fraction of sp³-hybridized carbons (Fsp3) is 0.235. The van der Waals surface area contributed by atoms with Gasteiger partial charge in [-0.15, -0.1) is 0 Å². The van der Waals surface area contributed by atoms with Crippen LogP contribution in [0.3, 0.4) is 0 Å². The molecule has 0 aliphatic carbocycles. The van der Waals surface area contributed by atoms with Crippen LogP contribution in [-0.4, -0.2) is 24.2 Å². The number of aliphatic hydroxyl groups excluding tert-OH is 1. The van der Waals surface area contributed by atoms with Gasteiger partial charge in [0.2, 0.25) is 0 Å². The first kappa shape index (κ1) is 13.6. The molecule has 1 amide bonds. The van der Waals surface area contributed by atoms with Gasteiger partial charge in [-0.3, -0.25) is 4.79 Å². The molecule has 0 atom stereocenters. The van der Waals surface area contributed by atoms with Crippen molar-refractivity contribution in [1.29, 1.82) is 0 Å². The number of hydrogen-bond acceptors (Lipinski definition) is 3. The maximum atomic E-state index is 12.3. The first-order valence-corrected chi connectivity index (χ1v) is 7.14. The summed E-state index contributed by atoms with van der Waals surface area (Å²) >= 11 is 0. The van der Waals surface area contributed by atoms with Crippen LogP contribution in [0.1, 0.15) is 21.5 Å². The third-order valence-corrected chi connectivity index (χ3v) is 3.69. The molecule has 2 aromatic carbocycles. The molecule has 0 bridgehead atoms. The van der Waals surface area contributed by atoms with Gasteiger partial charge in [0.15, 0.2) is 0 Å². The second-order valence-electron chi connectivity index (χ2n) is 5.17. The van der Waals surface area contributed by atoms with Crippen molar-refractivity contribution < 1.29 is 9.90 Å². The van der Waals surface area contributed by atoms with Crippen LogP contribution in [0.2, 0.25) is 0 Å². The Morgan fingerprint density at radius 1 is 1.19 bits per heavy atom. The van der Waals surface area contributed by atoms with Crippen LogP contribution < -0.4 is 10.6 Å². The van der Waals surface area contributed by atoms with Crippen LogP contribution in [0.15, 0.2) is 42.5 Å². The lowest BCUT2D eigenvalue weighted by Crippen LogP contribution is -2.12. The van der Waals surface area contributed by atoms with Gasteiger partial charge in [0.1, 0.15) is 0 Å². The van der Waals surface area contributed by atoms with E-state index < -0.39 is 0 Å². The van der Waals surface area contributed by atoms with Crippen LogP contribution in [0.4, 0.5) is 11.4 Å². The number of fused-ring (bicyclic) bond motifs is 1. The number of nitrogens with one attached hydrogen (secondary N) is 2. The Morgan fingerprint density at radius 3 is 2.76 bits per heavy atom. The zero-order chi connectivity index (χ0) is 14.7. The zero-order valence-corrected chi connectivity index (χ0v) is 11.7. The lowest BCUT2D eigenvalue weighted by Gasteiger charge is -2.08. The standard InChI is InChI=1S/C17H18N2O2/c20-10-8-12-1-4-15(5-2-12)19-17(21)14-3-6-16-13(11-14)7-9-18-16/h1-6,11,18,20H,7-10H2,(H,19,21). The molecule has 0 aromatic heterocycles. The SMILES string of the molecule is O=C(Nc1ccc(CCO)cc1)c1ccc2c(c1)CCN2. The van der Waals surface area contributed by atoms with Gasteiger partial charge in [-0.1, -0.05) is 12.1 Å². The highest BCUT2D eigenvalue weighted by Crippen LogP contribution is 2.23. The summed E-state index contributed by atoms with van der Waals surface area (Å²) in [5.74, 6) is -0.0976. The molecule has 3 rings (SSSR count). The van der Waals surface area contributed by atoms with Gasteiger partial charge >= 0.3 is 0 Å². The molecule has 0 saturated carbocycles. The van der Waals surface area contributed by atoms with E-state index >= 15 is 0 Å². The minimum atomic E-state index is -0.0976. The minimum Gasteiger partial charge on any atom is -0.396 e. The quantitative estimate of drug-likeness (QED) is 0.807.